The third-order valence-electron chi connectivity index (χ3n) is 6.28. The Kier molecular flexibility index (Phi) is 10.9. The van der Waals surface area contributed by atoms with Crippen molar-refractivity contribution in [2.45, 2.75) is 109 Å². The first-order valence-electron chi connectivity index (χ1n) is 12.8. The molecule has 1 saturated carbocycles. The van der Waals surface area contributed by atoms with E-state index in [0.29, 0.717) is 0 Å². The van der Waals surface area contributed by atoms with E-state index < -0.39 is 21.4 Å². The van der Waals surface area contributed by atoms with Gasteiger partial charge in [-0.1, -0.05) is 44.2 Å². The summed E-state index contributed by atoms with van der Waals surface area (Å²) in [7, 11) is 0. The Labute approximate surface area is 209 Å². The maximum Gasteiger partial charge on any atom is 0.407 e. The lowest BCUT2D eigenvalue weighted by Crippen LogP contribution is -2.40. The van der Waals surface area contributed by atoms with Gasteiger partial charge in [0.1, 0.15) is 5.60 Å². The van der Waals surface area contributed by atoms with Crippen LogP contribution in [-0.4, -0.2) is 44.3 Å². The summed E-state index contributed by atoms with van der Waals surface area (Å²) in [6.45, 7) is 12.4. The maximum atomic E-state index is 12.0. The average Bonchev–Trinajstić information content (AvgIpc) is 3.20. The quantitative estimate of drug-likeness (QED) is 0.511. The van der Waals surface area contributed by atoms with E-state index in [1.54, 1.807) is 20.8 Å². The van der Waals surface area contributed by atoms with Crippen LogP contribution < -0.4 is 10.2 Å². The highest BCUT2D eigenvalue weighted by Gasteiger charge is 2.26. The van der Waals surface area contributed by atoms with Crippen LogP contribution in [0.3, 0.4) is 0 Å². The van der Waals surface area contributed by atoms with Gasteiger partial charge in [-0.25, -0.2) is 4.79 Å². The highest BCUT2D eigenvalue weighted by molar-refractivity contribution is 7.80. The number of nitrogens with zero attached hydrogens (tertiary/aromatic N) is 1. The molecule has 1 amide bonds. The molecule has 194 valence electrons. The molecule has 2 unspecified atom stereocenters. The van der Waals surface area contributed by atoms with Crippen molar-refractivity contribution in [2.24, 2.45) is 5.92 Å². The van der Waals surface area contributed by atoms with Crippen LogP contribution in [0.25, 0.3) is 0 Å². The molecule has 2 atom stereocenters. The van der Waals surface area contributed by atoms with Gasteiger partial charge in [0, 0.05) is 23.5 Å². The van der Waals surface area contributed by atoms with Crippen molar-refractivity contribution in [3.63, 3.8) is 0 Å². The zero-order valence-electron chi connectivity index (χ0n) is 22.0. The van der Waals surface area contributed by atoms with Crippen molar-refractivity contribution >= 4 is 22.9 Å². The fraction of sp³-hybridized carbons (Fsp3) is 0.741. The first kappa shape index (κ1) is 28.6. The van der Waals surface area contributed by atoms with E-state index >= 15 is 0 Å². The number of amides is 1. The minimum Gasteiger partial charge on any atom is -0.772 e. The molecule has 34 heavy (non-hydrogen) atoms. The molecule has 1 aliphatic heterocycles. The predicted octanol–water partition coefficient (Wildman–Crippen LogP) is 5.97. The molecule has 0 radical (unpaired) electrons. The lowest BCUT2D eigenvalue weighted by atomic mass is 9.85. The Bertz CT molecular complexity index is 777. The van der Waals surface area contributed by atoms with Crippen molar-refractivity contribution in [1.29, 1.82) is 0 Å². The van der Waals surface area contributed by atoms with E-state index in [-0.39, 0.29) is 12.1 Å². The van der Waals surface area contributed by atoms with E-state index in [1.165, 1.54) is 56.2 Å². The van der Waals surface area contributed by atoms with Crippen molar-refractivity contribution < 1.29 is 18.3 Å². The Morgan fingerprint density at radius 2 is 1.65 bits per heavy atom. The summed E-state index contributed by atoms with van der Waals surface area (Å²) >= 11 is -1.93. The van der Waals surface area contributed by atoms with Crippen molar-refractivity contribution in [3.05, 3.63) is 29.8 Å². The molecular weight excluding hydrogens is 448 g/mol. The van der Waals surface area contributed by atoms with Gasteiger partial charge in [-0.05, 0) is 95.5 Å². The molecule has 1 saturated heterocycles. The van der Waals surface area contributed by atoms with Gasteiger partial charge in [-0.15, -0.1) is 0 Å². The molecular formula is C27H45N2O4S-. The van der Waals surface area contributed by atoms with Crippen LogP contribution in [0.1, 0.15) is 92.1 Å². The summed E-state index contributed by atoms with van der Waals surface area (Å²) in [6.07, 6.45) is 10.3. The fourth-order valence-corrected chi connectivity index (χ4v) is 4.31. The average molecular weight is 494 g/mol. The third-order valence-corrected chi connectivity index (χ3v) is 7.28. The third kappa shape index (κ3) is 10.8. The molecule has 1 N–H and O–H groups in total. The van der Waals surface area contributed by atoms with E-state index in [1.807, 2.05) is 20.8 Å². The second-order valence-electron chi connectivity index (χ2n) is 11.6. The summed E-state index contributed by atoms with van der Waals surface area (Å²) in [4.78, 5) is 14.3. The number of anilines is 1. The molecule has 1 aromatic carbocycles. The van der Waals surface area contributed by atoms with Gasteiger partial charge in [0.15, 0.2) is 0 Å². The Morgan fingerprint density at radius 3 is 2.18 bits per heavy atom. The van der Waals surface area contributed by atoms with E-state index in [2.05, 4.69) is 34.5 Å². The fourth-order valence-electron chi connectivity index (χ4n) is 4.31. The van der Waals surface area contributed by atoms with Gasteiger partial charge >= 0.3 is 6.09 Å². The van der Waals surface area contributed by atoms with Gasteiger partial charge in [-0.3, -0.25) is 4.21 Å². The van der Waals surface area contributed by atoms with Gasteiger partial charge in [0.05, 0.1) is 6.04 Å². The number of hydrogen-bond donors (Lipinski definition) is 1. The number of benzene rings is 1. The first-order chi connectivity index (χ1) is 15.8. The van der Waals surface area contributed by atoms with E-state index in [4.69, 9.17) is 4.74 Å². The van der Waals surface area contributed by atoms with Gasteiger partial charge in [0.25, 0.3) is 0 Å². The van der Waals surface area contributed by atoms with Gasteiger partial charge in [-0.2, -0.15) is 0 Å². The molecule has 6 nitrogen and oxygen atoms in total. The minimum absolute atomic E-state index is 0.158. The standard InChI is InChI=1S/C23H36N2O2.C4H10O2S/c1-23(2,3)27-22(26)24-20-15-16-25(17-20)21-13-11-19(12-14-21)10-9-18-7-5-4-6-8-18;1-4(2,3)7(5)6/h11-14,18,20H,4-10,15-17H2,1-3H3,(H,24,26);1-3H3,(H,5,6)/p-1. The maximum absolute atomic E-state index is 12.0. The number of aryl methyl sites for hydroxylation is 1. The summed E-state index contributed by atoms with van der Waals surface area (Å²) in [5.41, 5.74) is 2.26. The molecule has 2 fully saturated rings. The second-order valence-corrected chi connectivity index (χ2v) is 13.3. The second kappa shape index (κ2) is 12.9. The van der Waals surface area contributed by atoms with Crippen molar-refractivity contribution in [3.8, 4) is 0 Å². The Morgan fingerprint density at radius 1 is 1.06 bits per heavy atom. The van der Waals surface area contributed by atoms with Crippen LogP contribution in [-0.2, 0) is 22.2 Å². The number of hydrogen-bond acceptors (Lipinski definition) is 5. The number of carbonyl (C=O) groups is 1. The van der Waals surface area contributed by atoms with E-state index in [9.17, 15) is 13.6 Å². The molecule has 0 spiro atoms. The number of alkyl carbamates (subject to hydrolysis) is 1. The molecule has 1 aromatic rings. The van der Waals surface area contributed by atoms with E-state index in [0.717, 1.165) is 25.4 Å². The van der Waals surface area contributed by atoms with Crippen LogP contribution in [0.5, 0.6) is 0 Å². The zero-order valence-corrected chi connectivity index (χ0v) is 22.8. The molecule has 1 aliphatic carbocycles. The van der Waals surface area contributed by atoms with Crippen molar-refractivity contribution in [2.75, 3.05) is 18.0 Å². The molecule has 3 rings (SSSR count). The first-order valence-corrected chi connectivity index (χ1v) is 13.8. The molecule has 0 aromatic heterocycles. The largest absolute Gasteiger partial charge is 0.772 e. The predicted molar refractivity (Wildman–Crippen MR) is 140 cm³/mol. The summed E-state index contributed by atoms with van der Waals surface area (Å²) in [6, 6.07) is 9.21. The van der Waals surface area contributed by atoms with Gasteiger partial charge in [0.2, 0.25) is 0 Å². The van der Waals surface area contributed by atoms with Crippen LogP contribution >= 0.6 is 0 Å². The molecule has 7 heteroatoms. The lowest BCUT2D eigenvalue weighted by molar-refractivity contribution is 0.0509. The minimum atomic E-state index is -1.93. The summed E-state index contributed by atoms with van der Waals surface area (Å²) in [5.74, 6) is 0.941. The number of ether oxygens (including phenoxy) is 1. The van der Waals surface area contributed by atoms with Crippen LogP contribution in [0.4, 0.5) is 10.5 Å². The highest BCUT2D eigenvalue weighted by atomic mass is 32.2. The monoisotopic (exact) mass is 493 g/mol. The SMILES string of the molecule is CC(C)(C)OC(=O)NC1CCN(c2ccc(CCC3CCCCC3)cc2)C1.CC(C)(C)S(=O)[O-]. The molecule has 0 bridgehead atoms. The van der Waals surface area contributed by atoms with Crippen LogP contribution in [0.15, 0.2) is 24.3 Å². The Balaban J connectivity index is 0.000000509. The van der Waals surface area contributed by atoms with Crippen molar-refractivity contribution in [1.82, 2.24) is 5.32 Å². The Hall–Kier alpha value is -1.60. The smallest absolute Gasteiger partial charge is 0.407 e. The number of rotatable bonds is 5. The molecule has 1 heterocycles. The number of carbonyl (C=O) groups excluding carboxylic acids is 1. The summed E-state index contributed by atoms with van der Waals surface area (Å²) in [5, 5.41) is 3.00. The lowest BCUT2D eigenvalue weighted by Gasteiger charge is -2.23. The van der Waals surface area contributed by atoms with Gasteiger partial charge < -0.3 is 19.5 Å². The van der Waals surface area contributed by atoms with Crippen LogP contribution in [0.2, 0.25) is 0 Å². The highest BCUT2D eigenvalue weighted by Crippen LogP contribution is 2.28. The zero-order chi connectivity index (χ0) is 25.4. The summed E-state index contributed by atoms with van der Waals surface area (Å²) < 4.78 is 24.8. The number of nitrogens with one attached hydrogen (secondary N) is 1. The molecule has 2 aliphatic rings. The normalized spacial score (nSPS) is 20.3. The van der Waals surface area contributed by atoms with Crippen LogP contribution in [0, 0.1) is 5.92 Å². The topological polar surface area (TPSA) is 81.7 Å².